The predicted molar refractivity (Wildman–Crippen MR) is 129 cm³/mol. The van der Waals surface area contributed by atoms with Crippen LogP contribution in [-0.2, 0) is 10.9 Å². The van der Waals surface area contributed by atoms with Crippen LogP contribution in [0.1, 0.15) is 11.3 Å². The SMILES string of the molecule is Fc1ccccc1-n1ncc(-c2onc(-c3c(F)cccc3Cl)c2C(=S)N2CCOCC2)c1C(F)(F)F. The maximum absolute atomic E-state index is 14.9. The van der Waals surface area contributed by atoms with E-state index in [-0.39, 0.29) is 26.8 Å². The molecule has 0 amide bonds. The lowest BCUT2D eigenvalue weighted by molar-refractivity contribution is -0.142. The lowest BCUT2D eigenvalue weighted by atomic mass is 10.0. The third-order valence-electron chi connectivity index (χ3n) is 5.77. The molecule has 0 radical (unpaired) electrons. The lowest BCUT2D eigenvalue weighted by Gasteiger charge is -2.29. The van der Waals surface area contributed by atoms with Gasteiger partial charge in [-0.05, 0) is 24.3 Å². The first kappa shape index (κ1) is 25.3. The second-order valence-electron chi connectivity index (χ2n) is 8.00. The fourth-order valence-corrected chi connectivity index (χ4v) is 4.71. The second-order valence-corrected chi connectivity index (χ2v) is 8.80. The van der Waals surface area contributed by atoms with Gasteiger partial charge in [-0.2, -0.15) is 18.3 Å². The molecule has 0 atom stereocenters. The molecule has 192 valence electrons. The van der Waals surface area contributed by atoms with Crippen molar-refractivity contribution in [3.63, 3.8) is 0 Å². The number of benzene rings is 2. The van der Waals surface area contributed by atoms with Crippen molar-refractivity contribution in [2.75, 3.05) is 26.3 Å². The first-order valence-corrected chi connectivity index (χ1v) is 11.7. The first-order valence-electron chi connectivity index (χ1n) is 10.9. The van der Waals surface area contributed by atoms with Crippen LogP contribution in [0.25, 0.3) is 28.3 Å². The topological polar surface area (TPSA) is 56.3 Å². The molecular formula is C24H16ClF5N4O2S. The molecule has 1 saturated heterocycles. The highest BCUT2D eigenvalue weighted by atomic mass is 35.5. The van der Waals surface area contributed by atoms with Crippen molar-refractivity contribution in [1.29, 1.82) is 0 Å². The fourth-order valence-electron chi connectivity index (χ4n) is 4.09. The summed E-state index contributed by atoms with van der Waals surface area (Å²) < 4.78 is 83.7. The molecule has 5 rings (SSSR count). The quantitative estimate of drug-likeness (QED) is 0.223. The van der Waals surface area contributed by atoms with Gasteiger partial charge in [0.05, 0.1) is 41.1 Å². The molecular weight excluding hydrogens is 539 g/mol. The summed E-state index contributed by atoms with van der Waals surface area (Å²) in [5.74, 6) is -2.08. The molecule has 0 spiro atoms. The lowest BCUT2D eigenvalue weighted by Crippen LogP contribution is -2.40. The molecule has 2 aromatic heterocycles. The van der Waals surface area contributed by atoms with Gasteiger partial charge in [-0.25, -0.2) is 13.5 Å². The average molecular weight is 555 g/mol. The van der Waals surface area contributed by atoms with E-state index >= 15 is 0 Å². The Morgan fingerprint density at radius 1 is 1.00 bits per heavy atom. The summed E-state index contributed by atoms with van der Waals surface area (Å²) >= 11 is 11.9. The molecule has 6 nitrogen and oxygen atoms in total. The van der Waals surface area contributed by atoms with Gasteiger partial charge in [0.25, 0.3) is 0 Å². The summed E-state index contributed by atoms with van der Waals surface area (Å²) in [7, 11) is 0. The number of halogens is 6. The predicted octanol–water partition coefficient (Wildman–Crippen LogP) is 6.15. The van der Waals surface area contributed by atoms with Crippen LogP contribution < -0.4 is 0 Å². The number of aromatic nitrogens is 3. The number of para-hydroxylation sites is 1. The van der Waals surface area contributed by atoms with Gasteiger partial charge >= 0.3 is 6.18 Å². The average Bonchev–Trinajstić information content (AvgIpc) is 3.49. The Bertz CT molecular complexity index is 1460. The number of rotatable bonds is 4. The van der Waals surface area contributed by atoms with Gasteiger partial charge in [0.2, 0.25) is 0 Å². The Balaban J connectivity index is 1.77. The highest BCUT2D eigenvalue weighted by molar-refractivity contribution is 7.80. The van der Waals surface area contributed by atoms with E-state index in [4.69, 9.17) is 33.1 Å². The molecule has 1 aliphatic rings. The van der Waals surface area contributed by atoms with Crippen LogP contribution in [0.2, 0.25) is 5.02 Å². The zero-order chi connectivity index (χ0) is 26.3. The summed E-state index contributed by atoms with van der Waals surface area (Å²) in [6.07, 6.45) is -4.11. The number of hydrogen-bond acceptors (Lipinski definition) is 5. The molecule has 0 aliphatic carbocycles. The van der Waals surface area contributed by atoms with Crippen molar-refractivity contribution in [3.8, 4) is 28.3 Å². The molecule has 4 aromatic rings. The normalized spacial score (nSPS) is 14.3. The molecule has 0 saturated carbocycles. The summed E-state index contributed by atoms with van der Waals surface area (Å²) in [5, 5.41) is 7.67. The van der Waals surface area contributed by atoms with Crippen LogP contribution in [0.15, 0.2) is 53.2 Å². The Morgan fingerprint density at radius 3 is 2.38 bits per heavy atom. The number of alkyl halides is 3. The molecule has 0 N–H and O–H groups in total. The minimum absolute atomic E-state index is 0.0380. The third-order valence-corrected chi connectivity index (χ3v) is 6.54. The van der Waals surface area contributed by atoms with E-state index in [2.05, 4.69) is 10.3 Å². The fraction of sp³-hybridized carbons (Fsp3) is 0.208. The molecule has 1 aliphatic heterocycles. The van der Waals surface area contributed by atoms with E-state index in [1.54, 1.807) is 4.90 Å². The maximum Gasteiger partial charge on any atom is 0.434 e. The minimum atomic E-state index is -4.99. The maximum atomic E-state index is 14.9. The van der Waals surface area contributed by atoms with Crippen molar-refractivity contribution < 1.29 is 31.2 Å². The van der Waals surface area contributed by atoms with E-state index in [0.717, 1.165) is 24.4 Å². The van der Waals surface area contributed by atoms with Gasteiger partial charge < -0.3 is 14.2 Å². The van der Waals surface area contributed by atoms with Crippen LogP contribution in [0.5, 0.6) is 0 Å². The van der Waals surface area contributed by atoms with Crippen molar-refractivity contribution in [2.45, 2.75) is 6.18 Å². The highest BCUT2D eigenvalue weighted by Crippen LogP contribution is 2.43. The Labute approximate surface area is 217 Å². The van der Waals surface area contributed by atoms with Crippen molar-refractivity contribution in [3.05, 3.63) is 76.6 Å². The van der Waals surface area contributed by atoms with Gasteiger partial charge in [0.15, 0.2) is 11.5 Å². The second kappa shape index (κ2) is 9.84. The van der Waals surface area contributed by atoms with Gasteiger partial charge in [-0.3, -0.25) is 0 Å². The molecule has 3 heterocycles. The van der Waals surface area contributed by atoms with Crippen LogP contribution in [-0.4, -0.2) is 51.1 Å². The summed E-state index contributed by atoms with van der Waals surface area (Å²) in [5.41, 5.74) is -2.70. The molecule has 1 fully saturated rings. The Morgan fingerprint density at radius 2 is 1.70 bits per heavy atom. The van der Waals surface area contributed by atoms with E-state index in [0.29, 0.717) is 31.0 Å². The monoisotopic (exact) mass is 554 g/mol. The molecule has 2 aromatic carbocycles. The largest absolute Gasteiger partial charge is 0.434 e. The number of morpholine rings is 1. The molecule has 0 bridgehead atoms. The third kappa shape index (κ3) is 4.60. The highest BCUT2D eigenvalue weighted by Gasteiger charge is 2.42. The van der Waals surface area contributed by atoms with Crippen LogP contribution >= 0.6 is 23.8 Å². The zero-order valence-corrected chi connectivity index (χ0v) is 20.3. The van der Waals surface area contributed by atoms with E-state index in [1.807, 2.05) is 0 Å². The smallest absolute Gasteiger partial charge is 0.378 e. The Kier molecular flexibility index (Phi) is 6.73. The van der Waals surface area contributed by atoms with Crippen molar-refractivity contribution >= 4 is 28.8 Å². The molecule has 37 heavy (non-hydrogen) atoms. The molecule has 13 heteroatoms. The summed E-state index contributed by atoms with van der Waals surface area (Å²) in [6, 6.07) is 8.82. The Hall–Kier alpha value is -3.35. The van der Waals surface area contributed by atoms with E-state index in [9.17, 15) is 22.0 Å². The van der Waals surface area contributed by atoms with Gasteiger partial charge in [0.1, 0.15) is 28.0 Å². The van der Waals surface area contributed by atoms with Crippen molar-refractivity contribution in [1.82, 2.24) is 19.8 Å². The minimum Gasteiger partial charge on any atom is -0.378 e. The van der Waals surface area contributed by atoms with Crippen molar-refractivity contribution in [2.24, 2.45) is 0 Å². The van der Waals surface area contributed by atoms with E-state index in [1.165, 1.54) is 24.3 Å². The van der Waals surface area contributed by atoms with E-state index < -0.39 is 40.5 Å². The number of nitrogens with zero attached hydrogens (tertiary/aromatic N) is 4. The first-order chi connectivity index (χ1) is 17.7. The van der Waals surface area contributed by atoms with Gasteiger partial charge in [0, 0.05) is 13.1 Å². The summed E-state index contributed by atoms with van der Waals surface area (Å²) in [6.45, 7) is 1.34. The van der Waals surface area contributed by atoms with Crippen LogP contribution in [0.4, 0.5) is 22.0 Å². The number of hydrogen-bond donors (Lipinski definition) is 0. The van der Waals surface area contributed by atoms with Gasteiger partial charge in [-0.15, -0.1) is 0 Å². The number of thiocarbonyl (C=S) groups is 1. The molecule has 0 unspecified atom stereocenters. The zero-order valence-electron chi connectivity index (χ0n) is 18.7. The number of ether oxygens (including phenoxy) is 1. The van der Waals surface area contributed by atoms with Crippen LogP contribution in [0.3, 0.4) is 0 Å². The van der Waals surface area contributed by atoms with Crippen LogP contribution in [0, 0.1) is 11.6 Å². The standard InChI is InChI=1S/C24H16ClF5N4O2S/c25-14-4-3-6-16(27)18(14)20-19(23(37)33-8-10-35-11-9-33)21(36-32-20)13-12-31-34(22(13)24(28,29)30)17-7-2-1-5-15(17)26/h1-7,12H,8-11H2. The van der Waals surface area contributed by atoms with Gasteiger partial charge in [-0.1, -0.05) is 47.2 Å². The summed E-state index contributed by atoms with van der Waals surface area (Å²) in [4.78, 5) is 1.77.